The molecule has 3 rings (SSSR count). The molecule has 198 valence electrons. The number of phenols is 1. The number of carbonyl (C=O) groups is 4. The van der Waals surface area contributed by atoms with Crippen molar-refractivity contribution in [3.8, 4) is 5.75 Å². The van der Waals surface area contributed by atoms with E-state index in [4.69, 9.17) is 11.5 Å². The van der Waals surface area contributed by atoms with Crippen molar-refractivity contribution in [2.45, 2.75) is 75.5 Å². The van der Waals surface area contributed by atoms with Crippen LogP contribution in [0.25, 0.3) is 0 Å². The largest absolute Gasteiger partial charge is 0.508 e. The molecule has 7 N–H and O–H groups in total. The highest BCUT2D eigenvalue weighted by Gasteiger charge is 2.43. The van der Waals surface area contributed by atoms with Crippen LogP contribution in [0.3, 0.4) is 0 Å². The molecule has 1 aromatic carbocycles. The first kappa shape index (κ1) is 27.4. The minimum Gasteiger partial charge on any atom is -0.508 e. The van der Waals surface area contributed by atoms with E-state index in [9.17, 15) is 29.4 Å². The second kappa shape index (κ2) is 12.7. The fourth-order valence-electron chi connectivity index (χ4n) is 4.99. The Morgan fingerprint density at radius 2 is 1.64 bits per heavy atom. The molecule has 0 spiro atoms. The van der Waals surface area contributed by atoms with Crippen LogP contribution in [0.15, 0.2) is 24.3 Å². The highest BCUT2D eigenvalue weighted by Crippen LogP contribution is 2.26. The Bertz CT molecular complexity index is 939. The van der Waals surface area contributed by atoms with Crippen molar-refractivity contribution in [1.29, 1.82) is 0 Å². The van der Waals surface area contributed by atoms with E-state index >= 15 is 0 Å². The Labute approximate surface area is 210 Å². The number of unbranched alkanes of at least 4 members (excludes halogenated alkanes) is 1. The number of nitrogens with one attached hydrogen (secondary N) is 1. The zero-order chi connectivity index (χ0) is 26.2. The molecule has 4 atom stereocenters. The number of nitrogens with two attached hydrogens (primary N) is 2. The molecule has 0 aliphatic carbocycles. The average molecular weight is 504 g/mol. The van der Waals surface area contributed by atoms with Crippen molar-refractivity contribution in [3.63, 3.8) is 0 Å². The first-order valence-corrected chi connectivity index (χ1v) is 12.6. The topological polar surface area (TPSA) is 179 Å². The Hall–Kier alpha value is -3.18. The van der Waals surface area contributed by atoms with E-state index in [2.05, 4.69) is 5.32 Å². The number of hydrogen-bond donors (Lipinski definition) is 5. The number of aliphatic carboxylic acids is 1. The van der Waals surface area contributed by atoms with Gasteiger partial charge in [-0.1, -0.05) is 12.1 Å². The fourth-order valence-corrected chi connectivity index (χ4v) is 4.99. The number of rotatable bonds is 11. The van der Waals surface area contributed by atoms with Gasteiger partial charge in [-0.2, -0.15) is 0 Å². The van der Waals surface area contributed by atoms with Crippen molar-refractivity contribution >= 4 is 23.7 Å². The van der Waals surface area contributed by atoms with E-state index in [0.717, 1.165) is 5.56 Å². The summed E-state index contributed by atoms with van der Waals surface area (Å²) in [6, 6.07) is 3.11. The van der Waals surface area contributed by atoms with Gasteiger partial charge in [0.1, 0.15) is 23.9 Å². The molecule has 0 radical (unpaired) electrons. The molecule has 3 amide bonds. The summed E-state index contributed by atoms with van der Waals surface area (Å²) in [7, 11) is 0. The van der Waals surface area contributed by atoms with Gasteiger partial charge in [0, 0.05) is 13.1 Å². The van der Waals surface area contributed by atoms with Gasteiger partial charge in [0.2, 0.25) is 17.7 Å². The zero-order valence-corrected chi connectivity index (χ0v) is 20.5. The van der Waals surface area contributed by atoms with E-state index < -0.39 is 36.0 Å². The Kier molecular flexibility index (Phi) is 9.65. The molecule has 1 aromatic rings. The summed E-state index contributed by atoms with van der Waals surface area (Å²) in [5.74, 6) is -2.11. The smallest absolute Gasteiger partial charge is 0.326 e. The second-order valence-corrected chi connectivity index (χ2v) is 9.54. The molecule has 11 heteroatoms. The number of carboxylic acid groups (broad SMARTS) is 1. The summed E-state index contributed by atoms with van der Waals surface area (Å²) >= 11 is 0. The molecular weight excluding hydrogens is 466 g/mol. The summed E-state index contributed by atoms with van der Waals surface area (Å²) in [5.41, 5.74) is 12.5. The number of nitrogens with zero attached hydrogens (tertiary/aromatic N) is 2. The highest BCUT2D eigenvalue weighted by atomic mass is 16.4. The Morgan fingerprint density at radius 3 is 2.28 bits per heavy atom. The fraction of sp³-hybridized carbons (Fsp3) is 0.600. The third kappa shape index (κ3) is 6.73. The summed E-state index contributed by atoms with van der Waals surface area (Å²) in [6.07, 6.45) is 3.97. The van der Waals surface area contributed by atoms with E-state index in [-0.39, 0.29) is 30.4 Å². The van der Waals surface area contributed by atoms with Gasteiger partial charge in [0.05, 0.1) is 6.04 Å². The first-order valence-electron chi connectivity index (χ1n) is 12.6. The lowest BCUT2D eigenvalue weighted by atomic mass is 10.0. The van der Waals surface area contributed by atoms with E-state index in [1.165, 1.54) is 21.9 Å². The van der Waals surface area contributed by atoms with Gasteiger partial charge >= 0.3 is 5.97 Å². The lowest BCUT2D eigenvalue weighted by Gasteiger charge is -2.32. The summed E-state index contributed by atoms with van der Waals surface area (Å²) in [4.78, 5) is 54.2. The maximum absolute atomic E-state index is 13.5. The second-order valence-electron chi connectivity index (χ2n) is 9.54. The van der Waals surface area contributed by atoms with Crippen molar-refractivity contribution < 1.29 is 29.4 Å². The third-order valence-electron chi connectivity index (χ3n) is 6.93. The predicted octanol–water partition coefficient (Wildman–Crippen LogP) is -0.0576. The molecule has 2 saturated heterocycles. The number of aromatic hydroxyl groups is 1. The van der Waals surface area contributed by atoms with Gasteiger partial charge < -0.3 is 36.8 Å². The molecule has 0 aromatic heterocycles. The lowest BCUT2D eigenvalue weighted by Crippen LogP contribution is -2.56. The van der Waals surface area contributed by atoms with Crippen LogP contribution < -0.4 is 16.8 Å². The van der Waals surface area contributed by atoms with Gasteiger partial charge in [-0.25, -0.2) is 4.79 Å². The van der Waals surface area contributed by atoms with Gasteiger partial charge in [0.15, 0.2) is 0 Å². The SMILES string of the molecule is NCCCCC(NC(=O)C1CCCN1C(=O)C1CCCN1C(=O)C(N)Cc1ccc(O)cc1)C(=O)O. The number of carboxylic acids is 1. The Morgan fingerprint density at radius 1 is 1.00 bits per heavy atom. The van der Waals surface area contributed by atoms with Crippen LogP contribution in [-0.4, -0.2) is 87.5 Å². The predicted molar refractivity (Wildman–Crippen MR) is 132 cm³/mol. The minimum absolute atomic E-state index is 0.123. The minimum atomic E-state index is -1.12. The molecule has 11 nitrogen and oxygen atoms in total. The van der Waals surface area contributed by atoms with Crippen LogP contribution in [0.1, 0.15) is 50.5 Å². The summed E-state index contributed by atoms with van der Waals surface area (Å²) in [6.45, 7) is 1.23. The molecule has 2 heterocycles. The van der Waals surface area contributed by atoms with Crippen LogP contribution in [0.4, 0.5) is 0 Å². The highest BCUT2D eigenvalue weighted by molar-refractivity contribution is 5.94. The van der Waals surface area contributed by atoms with Crippen LogP contribution in [0, 0.1) is 0 Å². The number of amides is 3. The van der Waals surface area contributed by atoms with Crippen molar-refractivity contribution in [2.75, 3.05) is 19.6 Å². The van der Waals surface area contributed by atoms with Crippen LogP contribution in [0.2, 0.25) is 0 Å². The van der Waals surface area contributed by atoms with Crippen LogP contribution >= 0.6 is 0 Å². The van der Waals surface area contributed by atoms with Crippen molar-refractivity contribution in [2.24, 2.45) is 11.5 Å². The third-order valence-corrected chi connectivity index (χ3v) is 6.93. The Balaban J connectivity index is 1.63. The van der Waals surface area contributed by atoms with Crippen molar-refractivity contribution in [3.05, 3.63) is 29.8 Å². The molecular formula is C25H37N5O6. The number of carbonyl (C=O) groups excluding carboxylic acids is 3. The first-order chi connectivity index (χ1) is 17.2. The van der Waals surface area contributed by atoms with E-state index in [0.29, 0.717) is 58.2 Å². The maximum Gasteiger partial charge on any atom is 0.326 e. The van der Waals surface area contributed by atoms with Crippen LogP contribution in [-0.2, 0) is 25.6 Å². The number of benzene rings is 1. The maximum atomic E-state index is 13.5. The molecule has 4 unspecified atom stereocenters. The summed E-state index contributed by atoms with van der Waals surface area (Å²) in [5, 5.41) is 21.5. The standard InChI is InChI=1S/C25H37N5O6/c26-12-2-1-5-19(25(35)36)28-22(32)20-6-3-13-29(20)24(34)21-7-4-14-30(21)23(33)18(27)15-16-8-10-17(31)11-9-16/h8-11,18-21,31H,1-7,12-15,26-27H2,(H,28,32)(H,35,36). The molecule has 2 aliphatic rings. The van der Waals surface area contributed by atoms with Crippen molar-refractivity contribution in [1.82, 2.24) is 15.1 Å². The molecule has 0 bridgehead atoms. The van der Waals surface area contributed by atoms with Gasteiger partial charge in [-0.3, -0.25) is 14.4 Å². The summed E-state index contributed by atoms with van der Waals surface area (Å²) < 4.78 is 0. The molecule has 2 aliphatic heterocycles. The molecule has 36 heavy (non-hydrogen) atoms. The molecule has 2 fully saturated rings. The number of hydrogen-bond acceptors (Lipinski definition) is 7. The normalized spacial score (nSPS) is 21.3. The van der Waals surface area contributed by atoms with Crippen LogP contribution in [0.5, 0.6) is 5.75 Å². The van der Waals surface area contributed by atoms with Gasteiger partial charge in [-0.05, 0) is 75.6 Å². The average Bonchev–Trinajstić information content (AvgIpc) is 3.54. The monoisotopic (exact) mass is 503 g/mol. The number of phenolic OH excluding ortho intramolecular Hbond substituents is 1. The van der Waals surface area contributed by atoms with Gasteiger partial charge in [-0.15, -0.1) is 0 Å². The zero-order valence-electron chi connectivity index (χ0n) is 20.5. The van der Waals surface area contributed by atoms with E-state index in [1.54, 1.807) is 12.1 Å². The molecule has 0 saturated carbocycles. The van der Waals surface area contributed by atoms with E-state index in [1.807, 2.05) is 0 Å². The van der Waals surface area contributed by atoms with Gasteiger partial charge in [0.25, 0.3) is 0 Å². The quantitative estimate of drug-likeness (QED) is 0.261. The lowest BCUT2D eigenvalue weighted by molar-refractivity contribution is -0.148. The number of likely N-dealkylation sites (tertiary alicyclic amines) is 2.